The highest BCUT2D eigenvalue weighted by Gasteiger charge is 2.70. The molecule has 1 saturated heterocycles. The number of benzene rings is 3. The molecule has 3 nitrogen and oxygen atoms in total. The van der Waals surface area contributed by atoms with Crippen LogP contribution >= 0.6 is 11.6 Å². The Morgan fingerprint density at radius 2 is 1.45 bits per heavy atom. The lowest BCUT2D eigenvalue weighted by molar-refractivity contribution is 0.211. The van der Waals surface area contributed by atoms with E-state index in [2.05, 4.69) is 71.9 Å². The van der Waals surface area contributed by atoms with Gasteiger partial charge in [0.2, 0.25) is 0 Å². The van der Waals surface area contributed by atoms with Gasteiger partial charge in [-0.25, -0.2) is 5.01 Å². The summed E-state index contributed by atoms with van der Waals surface area (Å²) in [6, 6.07) is 25.9. The fraction of sp³-hybridized carbons (Fsp3) is 0.296. The minimum Gasteiger partial charge on any atom is -0.261 e. The monoisotopic (exact) mass is 423 g/mol. The Morgan fingerprint density at radius 3 is 2.10 bits per heavy atom. The summed E-state index contributed by atoms with van der Waals surface area (Å²) in [5.41, 5.74) is 5.96. The minimum absolute atomic E-state index is 0.249. The van der Waals surface area contributed by atoms with Crippen LogP contribution in [0.4, 0.5) is 5.69 Å². The fourth-order valence-electron chi connectivity index (χ4n) is 7.50. The molecule has 1 heterocycles. The number of nitrogens with zero attached hydrogens (tertiary/aromatic N) is 3. The zero-order chi connectivity index (χ0) is 20.7. The molecule has 31 heavy (non-hydrogen) atoms. The summed E-state index contributed by atoms with van der Waals surface area (Å²) in [5, 5.41) is 15.5. The van der Waals surface area contributed by atoms with Crippen molar-refractivity contribution in [3.63, 3.8) is 0 Å². The Bertz CT molecular complexity index is 1200. The molecule has 2 bridgehead atoms. The summed E-state index contributed by atoms with van der Waals surface area (Å²) in [4.78, 5) is 0. The second-order valence-electron chi connectivity index (χ2n) is 9.44. The third-order valence-corrected chi connectivity index (χ3v) is 8.58. The summed E-state index contributed by atoms with van der Waals surface area (Å²) in [7, 11) is 0. The average molecular weight is 424 g/mol. The van der Waals surface area contributed by atoms with E-state index in [0.717, 1.165) is 5.69 Å². The minimum atomic E-state index is -0.360. The lowest BCUT2D eigenvalue weighted by atomic mass is 9.68. The van der Waals surface area contributed by atoms with Gasteiger partial charge in [-0.05, 0) is 77.6 Å². The fourth-order valence-corrected chi connectivity index (χ4v) is 7.63. The van der Waals surface area contributed by atoms with E-state index in [1.54, 1.807) is 0 Å². The third kappa shape index (κ3) is 2.00. The van der Waals surface area contributed by atoms with Crippen molar-refractivity contribution in [3.8, 4) is 17.3 Å². The Morgan fingerprint density at radius 1 is 0.839 bits per heavy atom. The topological polar surface area (TPSA) is 30.3 Å². The zero-order valence-electron chi connectivity index (χ0n) is 17.1. The number of fused-ring (bicyclic) bond motifs is 11. The second-order valence-corrected chi connectivity index (χ2v) is 9.88. The number of nitriles is 1. The Kier molecular flexibility index (Phi) is 3.45. The van der Waals surface area contributed by atoms with Crippen LogP contribution in [0.1, 0.15) is 30.4 Å². The SMILES string of the molecule is N#CN1[C@@H]2[C@H]3CC[C@@H](C3)[C@@H]2C2(c3ccccc3-c3ccccc32)N1c1ccc(Cl)cc1. The molecule has 0 unspecified atom stereocenters. The maximum absolute atomic E-state index is 10.5. The molecule has 0 amide bonds. The van der Waals surface area contributed by atoms with Crippen molar-refractivity contribution in [2.75, 3.05) is 5.01 Å². The van der Waals surface area contributed by atoms with E-state index < -0.39 is 0 Å². The van der Waals surface area contributed by atoms with Crippen molar-refractivity contribution in [2.45, 2.75) is 30.8 Å². The molecule has 1 spiro atoms. The molecule has 0 N–H and O–H groups in total. The highest BCUT2D eigenvalue weighted by Crippen LogP contribution is 2.68. The Hall–Kier alpha value is -2.96. The Labute approximate surface area is 187 Å². The van der Waals surface area contributed by atoms with Crippen molar-refractivity contribution < 1.29 is 0 Å². The highest BCUT2D eigenvalue weighted by atomic mass is 35.5. The van der Waals surface area contributed by atoms with E-state index in [0.29, 0.717) is 22.8 Å². The van der Waals surface area contributed by atoms with Gasteiger partial charge in [0.05, 0.1) is 11.7 Å². The number of anilines is 1. The molecule has 0 radical (unpaired) electrons. The van der Waals surface area contributed by atoms with Gasteiger partial charge < -0.3 is 0 Å². The van der Waals surface area contributed by atoms with E-state index in [-0.39, 0.29) is 11.6 Å². The number of rotatable bonds is 1. The quantitative estimate of drug-likeness (QED) is 0.436. The smallest absolute Gasteiger partial charge is 0.200 e. The number of hydrogen-bond acceptors (Lipinski definition) is 3. The van der Waals surface area contributed by atoms with Crippen molar-refractivity contribution in [2.24, 2.45) is 17.8 Å². The van der Waals surface area contributed by atoms with Crippen LogP contribution in [0.3, 0.4) is 0 Å². The maximum Gasteiger partial charge on any atom is 0.200 e. The molecule has 152 valence electrons. The Balaban J connectivity index is 1.60. The second kappa shape index (κ2) is 6.05. The van der Waals surface area contributed by atoms with Gasteiger partial charge in [0.1, 0.15) is 5.54 Å². The molecule has 4 aliphatic rings. The molecule has 7 rings (SSSR count). The van der Waals surface area contributed by atoms with Crippen molar-refractivity contribution in [3.05, 3.63) is 88.9 Å². The molecule has 4 heteroatoms. The van der Waals surface area contributed by atoms with Gasteiger partial charge in [-0.3, -0.25) is 5.01 Å². The van der Waals surface area contributed by atoms with Gasteiger partial charge in [-0.1, -0.05) is 60.1 Å². The largest absolute Gasteiger partial charge is 0.261 e. The van der Waals surface area contributed by atoms with Gasteiger partial charge in [-0.2, -0.15) is 5.26 Å². The molecular formula is C27H22ClN3. The van der Waals surface area contributed by atoms with Crippen LogP contribution in [0.25, 0.3) is 11.1 Å². The van der Waals surface area contributed by atoms with Gasteiger partial charge >= 0.3 is 0 Å². The standard InChI is InChI=1S/C27H22ClN3/c28-19-11-13-20(14-12-19)31-27(25-17-9-10-18(15-17)26(25)30(31)16-29)23-7-3-1-5-21(23)22-6-2-4-8-24(22)27/h1-8,11-14,17-18,25-26H,9-10,15H2/t17-,18-,25-,26+/m0/s1. The summed E-state index contributed by atoms with van der Waals surface area (Å²) in [6.45, 7) is 0. The molecule has 3 fully saturated rings. The predicted octanol–water partition coefficient (Wildman–Crippen LogP) is 6.20. The molecule has 1 aliphatic heterocycles. The summed E-state index contributed by atoms with van der Waals surface area (Å²) in [6.07, 6.45) is 6.37. The third-order valence-electron chi connectivity index (χ3n) is 8.33. The molecule has 3 aromatic carbocycles. The normalized spacial score (nSPS) is 28.5. The average Bonchev–Trinajstić information content (AvgIpc) is 3.55. The van der Waals surface area contributed by atoms with E-state index in [4.69, 9.17) is 11.6 Å². The van der Waals surface area contributed by atoms with E-state index in [1.165, 1.54) is 41.5 Å². The molecule has 3 aliphatic carbocycles. The molecular weight excluding hydrogens is 402 g/mol. The van der Waals surface area contributed by atoms with E-state index in [9.17, 15) is 5.26 Å². The highest BCUT2D eigenvalue weighted by molar-refractivity contribution is 6.30. The van der Waals surface area contributed by atoms with Crippen molar-refractivity contribution in [1.29, 1.82) is 5.26 Å². The number of halogens is 1. The van der Waals surface area contributed by atoms with Crippen LogP contribution in [-0.4, -0.2) is 11.1 Å². The maximum atomic E-state index is 10.5. The summed E-state index contributed by atoms with van der Waals surface area (Å²) >= 11 is 6.26. The summed E-state index contributed by atoms with van der Waals surface area (Å²) in [5.74, 6) is 1.62. The summed E-state index contributed by atoms with van der Waals surface area (Å²) < 4.78 is 0. The molecule has 3 aromatic rings. The van der Waals surface area contributed by atoms with Crippen LogP contribution in [0, 0.1) is 29.2 Å². The zero-order valence-corrected chi connectivity index (χ0v) is 17.8. The van der Waals surface area contributed by atoms with Crippen LogP contribution in [0.2, 0.25) is 5.02 Å². The van der Waals surface area contributed by atoms with Gasteiger partial charge in [0.25, 0.3) is 0 Å². The van der Waals surface area contributed by atoms with Crippen LogP contribution < -0.4 is 5.01 Å². The first-order valence-corrected chi connectivity index (χ1v) is 11.6. The number of hydrogen-bond donors (Lipinski definition) is 0. The predicted molar refractivity (Wildman–Crippen MR) is 122 cm³/mol. The van der Waals surface area contributed by atoms with E-state index >= 15 is 0 Å². The van der Waals surface area contributed by atoms with Crippen molar-refractivity contribution >= 4 is 17.3 Å². The first kappa shape index (κ1) is 17.7. The lowest BCUT2D eigenvalue weighted by Gasteiger charge is -2.44. The van der Waals surface area contributed by atoms with Gasteiger partial charge in [-0.15, -0.1) is 0 Å². The molecule has 0 aromatic heterocycles. The van der Waals surface area contributed by atoms with Crippen LogP contribution in [0.15, 0.2) is 72.8 Å². The first-order chi connectivity index (χ1) is 15.2. The van der Waals surface area contributed by atoms with Crippen LogP contribution in [0.5, 0.6) is 0 Å². The van der Waals surface area contributed by atoms with Gasteiger partial charge in [0, 0.05) is 10.9 Å². The number of hydrazine groups is 1. The van der Waals surface area contributed by atoms with E-state index in [1.807, 2.05) is 17.1 Å². The first-order valence-electron chi connectivity index (χ1n) is 11.2. The molecule has 2 saturated carbocycles. The lowest BCUT2D eigenvalue weighted by Crippen LogP contribution is -2.50. The van der Waals surface area contributed by atoms with Crippen LogP contribution in [-0.2, 0) is 5.54 Å². The van der Waals surface area contributed by atoms with Gasteiger partial charge in [0.15, 0.2) is 6.19 Å². The molecule has 4 atom stereocenters. The van der Waals surface area contributed by atoms with Crippen molar-refractivity contribution in [1.82, 2.24) is 5.01 Å².